The minimum atomic E-state index is -4.67. The first kappa shape index (κ1) is 15.0. The number of hydrogen-bond acceptors (Lipinski definition) is 3. The summed E-state index contributed by atoms with van der Waals surface area (Å²) in [6.07, 6.45) is -3.87. The van der Waals surface area contributed by atoms with E-state index in [0.717, 1.165) is 30.1 Å². The fourth-order valence-corrected chi connectivity index (χ4v) is 2.95. The van der Waals surface area contributed by atoms with Gasteiger partial charge in [-0.1, -0.05) is 6.07 Å². The fraction of sp³-hybridized carbons (Fsp3) is 0.462. The first-order valence-corrected chi connectivity index (χ1v) is 7.33. The van der Waals surface area contributed by atoms with Crippen LogP contribution in [0, 0.1) is 0 Å². The maximum absolute atomic E-state index is 12.7. The van der Waals surface area contributed by atoms with Crippen LogP contribution < -0.4 is 0 Å². The number of phenols is 1. The topological polar surface area (TPSA) is 40.5 Å². The highest BCUT2D eigenvalue weighted by atomic mass is 32.2. The van der Waals surface area contributed by atoms with E-state index < -0.39 is 23.4 Å². The van der Waals surface area contributed by atoms with Crippen molar-refractivity contribution in [2.75, 3.05) is 24.6 Å². The Bertz CT molecular complexity index is 497. The second-order valence-electron chi connectivity index (χ2n) is 4.46. The summed E-state index contributed by atoms with van der Waals surface area (Å²) < 4.78 is 38.1. The number of phenolic OH excluding ortho intramolecular Hbond substituents is 1. The summed E-state index contributed by atoms with van der Waals surface area (Å²) in [6, 6.07) is 3.14. The predicted molar refractivity (Wildman–Crippen MR) is 71.0 cm³/mol. The van der Waals surface area contributed by atoms with Gasteiger partial charge in [0.25, 0.3) is 5.91 Å². The Morgan fingerprint density at radius 2 is 2.00 bits per heavy atom. The molecule has 1 aliphatic heterocycles. The second kappa shape index (κ2) is 5.95. The number of halogens is 3. The number of nitrogens with zero attached hydrogens (tertiary/aromatic N) is 1. The number of benzene rings is 1. The van der Waals surface area contributed by atoms with Gasteiger partial charge in [-0.3, -0.25) is 4.79 Å². The Morgan fingerprint density at radius 1 is 1.25 bits per heavy atom. The van der Waals surface area contributed by atoms with Crippen LogP contribution in [0.4, 0.5) is 13.2 Å². The van der Waals surface area contributed by atoms with Crippen LogP contribution in [-0.2, 0) is 6.18 Å². The van der Waals surface area contributed by atoms with E-state index in [9.17, 15) is 23.1 Å². The highest BCUT2D eigenvalue weighted by Gasteiger charge is 2.36. The average molecular weight is 305 g/mol. The molecule has 1 heterocycles. The van der Waals surface area contributed by atoms with Crippen LogP contribution in [0.25, 0.3) is 0 Å². The number of para-hydroxylation sites is 1. The van der Waals surface area contributed by atoms with Crippen LogP contribution in [0.1, 0.15) is 22.3 Å². The molecule has 2 rings (SSSR count). The Kier molecular flexibility index (Phi) is 4.47. The highest BCUT2D eigenvalue weighted by Crippen LogP contribution is 2.37. The molecule has 0 spiro atoms. The van der Waals surface area contributed by atoms with E-state index >= 15 is 0 Å². The third-order valence-electron chi connectivity index (χ3n) is 3.08. The second-order valence-corrected chi connectivity index (χ2v) is 5.68. The summed E-state index contributed by atoms with van der Waals surface area (Å²) in [7, 11) is 0. The third-order valence-corrected chi connectivity index (χ3v) is 4.13. The van der Waals surface area contributed by atoms with Crippen LogP contribution in [0.2, 0.25) is 0 Å². The lowest BCUT2D eigenvalue weighted by atomic mass is 10.1. The van der Waals surface area contributed by atoms with Gasteiger partial charge in [-0.2, -0.15) is 24.9 Å². The summed E-state index contributed by atoms with van der Waals surface area (Å²) in [5, 5.41) is 9.72. The summed E-state index contributed by atoms with van der Waals surface area (Å²) in [6.45, 7) is 0.987. The van der Waals surface area contributed by atoms with E-state index in [-0.39, 0.29) is 5.56 Å². The van der Waals surface area contributed by atoms with Gasteiger partial charge in [0, 0.05) is 18.8 Å². The standard InChI is InChI=1S/C13H14F3NO2S/c14-13(15,16)10-4-1-3-9(11(10)18)12(19)17-5-2-7-20-8-6-17/h1,3-4,18H,2,5-8H2. The van der Waals surface area contributed by atoms with E-state index in [2.05, 4.69) is 0 Å². The molecule has 0 bridgehead atoms. The quantitative estimate of drug-likeness (QED) is 0.867. The number of carbonyl (C=O) groups excluding carboxylic acids is 1. The summed E-state index contributed by atoms with van der Waals surface area (Å²) in [5.41, 5.74) is -1.46. The van der Waals surface area contributed by atoms with Crippen molar-refractivity contribution in [3.05, 3.63) is 29.3 Å². The lowest BCUT2D eigenvalue weighted by Crippen LogP contribution is -2.33. The van der Waals surface area contributed by atoms with Crippen molar-refractivity contribution in [2.45, 2.75) is 12.6 Å². The van der Waals surface area contributed by atoms with Crippen LogP contribution in [0.15, 0.2) is 18.2 Å². The van der Waals surface area contributed by atoms with Crippen LogP contribution in [0.5, 0.6) is 5.75 Å². The number of rotatable bonds is 1. The van der Waals surface area contributed by atoms with Crippen molar-refractivity contribution in [2.24, 2.45) is 0 Å². The third kappa shape index (κ3) is 3.20. The van der Waals surface area contributed by atoms with Gasteiger partial charge in [-0.25, -0.2) is 0 Å². The lowest BCUT2D eigenvalue weighted by Gasteiger charge is -2.21. The van der Waals surface area contributed by atoms with E-state index in [1.165, 1.54) is 11.0 Å². The van der Waals surface area contributed by atoms with Crippen molar-refractivity contribution in [1.82, 2.24) is 4.90 Å². The molecule has 20 heavy (non-hydrogen) atoms. The van der Waals surface area contributed by atoms with E-state index in [1.54, 1.807) is 11.8 Å². The van der Waals surface area contributed by atoms with Gasteiger partial charge >= 0.3 is 6.18 Å². The number of alkyl halides is 3. The molecule has 0 radical (unpaired) electrons. The summed E-state index contributed by atoms with van der Waals surface area (Å²) in [5.74, 6) is 0.155. The maximum atomic E-state index is 12.7. The van der Waals surface area contributed by atoms with Crippen LogP contribution >= 0.6 is 11.8 Å². The fourth-order valence-electron chi connectivity index (χ4n) is 2.06. The molecule has 3 nitrogen and oxygen atoms in total. The number of aromatic hydroxyl groups is 1. The molecule has 0 aliphatic carbocycles. The molecule has 1 aromatic carbocycles. The molecule has 0 aromatic heterocycles. The van der Waals surface area contributed by atoms with E-state index in [1.807, 2.05) is 0 Å². The molecule has 1 aliphatic rings. The summed E-state index contributed by atoms with van der Waals surface area (Å²) >= 11 is 1.71. The minimum absolute atomic E-state index is 0.285. The van der Waals surface area contributed by atoms with Gasteiger partial charge in [0.2, 0.25) is 0 Å². The molecule has 0 atom stereocenters. The zero-order valence-corrected chi connectivity index (χ0v) is 11.4. The molecule has 1 saturated heterocycles. The van der Waals surface area contributed by atoms with Gasteiger partial charge in [-0.05, 0) is 24.3 Å². The largest absolute Gasteiger partial charge is 0.506 e. The number of carbonyl (C=O) groups is 1. The zero-order valence-electron chi connectivity index (χ0n) is 10.6. The smallest absolute Gasteiger partial charge is 0.419 e. The zero-order chi connectivity index (χ0) is 14.8. The molecule has 110 valence electrons. The van der Waals surface area contributed by atoms with Crippen LogP contribution in [0.3, 0.4) is 0 Å². The summed E-state index contributed by atoms with van der Waals surface area (Å²) in [4.78, 5) is 13.7. The molecule has 0 saturated carbocycles. The molecular weight excluding hydrogens is 291 g/mol. The van der Waals surface area contributed by atoms with Crippen molar-refractivity contribution in [1.29, 1.82) is 0 Å². The Labute approximate surface area is 118 Å². The molecule has 7 heteroatoms. The van der Waals surface area contributed by atoms with Gasteiger partial charge in [0.1, 0.15) is 5.75 Å². The highest BCUT2D eigenvalue weighted by molar-refractivity contribution is 7.99. The van der Waals surface area contributed by atoms with Crippen molar-refractivity contribution in [3.8, 4) is 5.75 Å². The van der Waals surface area contributed by atoms with Crippen molar-refractivity contribution in [3.63, 3.8) is 0 Å². The molecule has 1 N–H and O–H groups in total. The molecule has 1 aromatic rings. The molecule has 0 unspecified atom stereocenters. The number of hydrogen-bond donors (Lipinski definition) is 1. The normalized spacial score (nSPS) is 16.9. The van der Waals surface area contributed by atoms with Gasteiger partial charge in [-0.15, -0.1) is 0 Å². The molecular formula is C13H14F3NO2S. The van der Waals surface area contributed by atoms with Gasteiger partial charge < -0.3 is 10.0 Å². The molecule has 1 amide bonds. The molecule has 1 fully saturated rings. The van der Waals surface area contributed by atoms with Crippen molar-refractivity contribution < 1.29 is 23.1 Å². The van der Waals surface area contributed by atoms with E-state index in [4.69, 9.17) is 0 Å². The predicted octanol–water partition coefficient (Wildman–Crippen LogP) is 2.99. The number of amides is 1. The SMILES string of the molecule is O=C(c1cccc(C(F)(F)F)c1O)N1CCCSCC1. The lowest BCUT2D eigenvalue weighted by molar-refractivity contribution is -0.138. The Morgan fingerprint density at radius 3 is 2.70 bits per heavy atom. The Balaban J connectivity index is 2.30. The minimum Gasteiger partial charge on any atom is -0.506 e. The monoisotopic (exact) mass is 305 g/mol. The number of thioether (sulfide) groups is 1. The van der Waals surface area contributed by atoms with Gasteiger partial charge in [0.15, 0.2) is 0 Å². The first-order valence-electron chi connectivity index (χ1n) is 6.17. The first-order chi connectivity index (χ1) is 9.41. The van der Waals surface area contributed by atoms with Crippen molar-refractivity contribution >= 4 is 17.7 Å². The van der Waals surface area contributed by atoms with Crippen LogP contribution in [-0.4, -0.2) is 40.5 Å². The average Bonchev–Trinajstić information content (AvgIpc) is 2.65. The maximum Gasteiger partial charge on any atom is 0.419 e. The Hall–Kier alpha value is -1.37. The van der Waals surface area contributed by atoms with Gasteiger partial charge in [0.05, 0.1) is 11.1 Å². The van der Waals surface area contributed by atoms with E-state index in [0.29, 0.717) is 13.1 Å².